The molecule has 3 rings (SSSR count). The maximum atomic E-state index is 11.5. The number of hydrogen-bond donors (Lipinski definition) is 2. The van der Waals surface area contributed by atoms with Crippen molar-refractivity contribution in [1.29, 1.82) is 0 Å². The molecule has 0 amide bonds. The van der Waals surface area contributed by atoms with Crippen LogP contribution in [0.15, 0.2) is 17.4 Å². The molecule has 0 saturated heterocycles. The fourth-order valence-corrected chi connectivity index (χ4v) is 1.79. The molecule has 0 aliphatic heterocycles. The molecule has 0 unspecified atom stereocenters. The van der Waals surface area contributed by atoms with E-state index in [0.29, 0.717) is 12.8 Å². The van der Waals surface area contributed by atoms with E-state index >= 15 is 0 Å². The number of hydrogen-bond acceptors (Lipinski definition) is 3. The van der Waals surface area contributed by atoms with Crippen molar-refractivity contribution in [2.45, 2.75) is 12.8 Å². The predicted octanol–water partition coefficient (Wildman–Crippen LogP) is -0.0120. The fraction of sp³-hybridized carbons (Fsp3) is 0.222. The molecular weight excluding hydrogens is 180 g/mol. The van der Waals surface area contributed by atoms with Crippen LogP contribution in [0, 0.1) is 0 Å². The monoisotopic (exact) mass is 188 g/mol. The number of rotatable bonds is 0. The van der Waals surface area contributed by atoms with Gasteiger partial charge in [-0.3, -0.25) is 4.79 Å². The first-order chi connectivity index (χ1) is 6.84. The van der Waals surface area contributed by atoms with E-state index in [2.05, 4.69) is 19.9 Å². The summed E-state index contributed by atoms with van der Waals surface area (Å²) in [6.07, 6.45) is 4.36. The summed E-state index contributed by atoms with van der Waals surface area (Å²) in [6, 6.07) is 0. The van der Waals surface area contributed by atoms with E-state index in [4.69, 9.17) is 0 Å². The van der Waals surface area contributed by atoms with E-state index in [1.165, 1.54) is 6.33 Å². The lowest BCUT2D eigenvalue weighted by Gasteiger charge is -2.12. The van der Waals surface area contributed by atoms with Crippen molar-refractivity contribution in [1.82, 2.24) is 19.9 Å². The molecule has 0 fully saturated rings. The highest BCUT2D eigenvalue weighted by Crippen LogP contribution is 2.19. The Balaban J connectivity index is 2.21. The van der Waals surface area contributed by atoms with Crippen LogP contribution in [0.3, 0.4) is 0 Å². The smallest absolute Gasteiger partial charge is 0.254 e. The van der Waals surface area contributed by atoms with Gasteiger partial charge in [-0.05, 0) is 0 Å². The van der Waals surface area contributed by atoms with Crippen LogP contribution < -0.4 is 5.56 Å². The quantitative estimate of drug-likeness (QED) is 0.521. The highest BCUT2D eigenvalue weighted by molar-refractivity contribution is 5.34. The van der Waals surface area contributed by atoms with Crippen molar-refractivity contribution in [2.75, 3.05) is 0 Å². The summed E-state index contributed by atoms with van der Waals surface area (Å²) in [4.78, 5) is 25.4. The number of aromatic amines is 2. The molecule has 2 aromatic rings. The Morgan fingerprint density at radius 3 is 2.79 bits per heavy atom. The molecule has 5 nitrogen and oxygen atoms in total. The Morgan fingerprint density at radius 2 is 1.86 bits per heavy atom. The molecule has 0 atom stereocenters. The molecule has 14 heavy (non-hydrogen) atoms. The van der Waals surface area contributed by atoms with Crippen LogP contribution in [0.2, 0.25) is 0 Å². The molecule has 0 aromatic carbocycles. The second kappa shape index (κ2) is 2.54. The van der Waals surface area contributed by atoms with Gasteiger partial charge in [-0.1, -0.05) is 0 Å². The Hall–Kier alpha value is -1.91. The molecule has 0 spiro atoms. The summed E-state index contributed by atoms with van der Waals surface area (Å²) in [7, 11) is 0. The second-order valence-electron chi connectivity index (χ2n) is 3.34. The van der Waals surface area contributed by atoms with Gasteiger partial charge in [0.1, 0.15) is 0 Å². The zero-order valence-electron chi connectivity index (χ0n) is 7.37. The molecule has 70 valence electrons. The number of nitrogens with zero attached hydrogens (tertiary/aromatic N) is 2. The largest absolute Gasteiger partial charge is 0.348 e. The predicted molar refractivity (Wildman–Crippen MR) is 49.1 cm³/mol. The Kier molecular flexibility index (Phi) is 1.36. The molecule has 2 aromatic heterocycles. The Bertz CT molecular complexity index is 540. The third-order valence-electron chi connectivity index (χ3n) is 2.53. The van der Waals surface area contributed by atoms with Crippen molar-refractivity contribution < 1.29 is 0 Å². The van der Waals surface area contributed by atoms with E-state index in [1.807, 2.05) is 0 Å². The van der Waals surface area contributed by atoms with E-state index in [9.17, 15) is 4.79 Å². The van der Waals surface area contributed by atoms with Crippen LogP contribution in [0.4, 0.5) is 0 Å². The van der Waals surface area contributed by atoms with Gasteiger partial charge in [0, 0.05) is 24.1 Å². The SMILES string of the molecule is O=c1[nH]cnc2c1Cc1[nH]cnc1C2. The van der Waals surface area contributed by atoms with E-state index in [0.717, 1.165) is 22.6 Å². The molecule has 1 aliphatic rings. The normalized spacial score (nSPS) is 13.4. The standard InChI is InChI=1S/C9H8N4O/c14-9-5-1-7-8(12-3-11-7)2-6(5)10-4-13-9/h3-4H,1-2H2,(H,11,12)(H,10,13,14). The Morgan fingerprint density at radius 1 is 1.07 bits per heavy atom. The Labute approximate surface area is 79.2 Å². The van der Waals surface area contributed by atoms with Gasteiger partial charge >= 0.3 is 0 Å². The first-order valence-electron chi connectivity index (χ1n) is 4.41. The average molecular weight is 188 g/mol. The minimum Gasteiger partial charge on any atom is -0.348 e. The average Bonchev–Trinajstić information content (AvgIpc) is 2.62. The summed E-state index contributed by atoms with van der Waals surface area (Å²) in [6.45, 7) is 0. The topological polar surface area (TPSA) is 74.4 Å². The lowest BCUT2D eigenvalue weighted by atomic mass is 9.98. The fourth-order valence-electron chi connectivity index (χ4n) is 1.79. The third-order valence-corrected chi connectivity index (χ3v) is 2.53. The lowest BCUT2D eigenvalue weighted by Crippen LogP contribution is -2.21. The van der Waals surface area contributed by atoms with Crippen LogP contribution in [-0.4, -0.2) is 19.9 Å². The van der Waals surface area contributed by atoms with E-state index in [-0.39, 0.29) is 5.56 Å². The summed E-state index contributed by atoms with van der Waals surface area (Å²) < 4.78 is 0. The van der Waals surface area contributed by atoms with E-state index < -0.39 is 0 Å². The third kappa shape index (κ3) is 0.921. The van der Waals surface area contributed by atoms with Gasteiger partial charge in [0.15, 0.2) is 0 Å². The summed E-state index contributed by atoms with van der Waals surface area (Å²) in [5, 5.41) is 0. The maximum Gasteiger partial charge on any atom is 0.254 e. The first-order valence-corrected chi connectivity index (χ1v) is 4.41. The van der Waals surface area contributed by atoms with Crippen molar-refractivity contribution in [2.24, 2.45) is 0 Å². The van der Waals surface area contributed by atoms with Crippen LogP contribution in [-0.2, 0) is 12.8 Å². The zero-order valence-corrected chi connectivity index (χ0v) is 7.37. The number of nitrogens with one attached hydrogen (secondary N) is 2. The molecule has 5 heteroatoms. The van der Waals surface area contributed by atoms with Crippen LogP contribution in [0.1, 0.15) is 22.6 Å². The number of fused-ring (bicyclic) bond motifs is 2. The van der Waals surface area contributed by atoms with Crippen molar-refractivity contribution in [3.63, 3.8) is 0 Å². The maximum absolute atomic E-state index is 11.5. The minimum atomic E-state index is -0.0461. The minimum absolute atomic E-state index is 0.0461. The number of imidazole rings is 1. The van der Waals surface area contributed by atoms with E-state index in [1.54, 1.807) is 6.33 Å². The summed E-state index contributed by atoms with van der Waals surface area (Å²) >= 11 is 0. The molecule has 0 radical (unpaired) electrons. The molecule has 2 N–H and O–H groups in total. The molecule has 2 heterocycles. The van der Waals surface area contributed by atoms with Gasteiger partial charge in [0.25, 0.3) is 5.56 Å². The number of aromatic nitrogens is 4. The zero-order chi connectivity index (χ0) is 9.54. The second-order valence-corrected chi connectivity index (χ2v) is 3.34. The van der Waals surface area contributed by atoms with Gasteiger partial charge in [0.05, 0.1) is 24.0 Å². The number of H-pyrrole nitrogens is 2. The van der Waals surface area contributed by atoms with Gasteiger partial charge in [-0.25, -0.2) is 9.97 Å². The summed E-state index contributed by atoms with van der Waals surface area (Å²) in [5.41, 5.74) is 3.57. The van der Waals surface area contributed by atoms with Gasteiger partial charge in [-0.2, -0.15) is 0 Å². The molecule has 1 aliphatic carbocycles. The lowest BCUT2D eigenvalue weighted by molar-refractivity contribution is 0.864. The van der Waals surface area contributed by atoms with Crippen LogP contribution in [0.5, 0.6) is 0 Å². The summed E-state index contributed by atoms with van der Waals surface area (Å²) in [5.74, 6) is 0. The molecule has 0 saturated carbocycles. The highest BCUT2D eigenvalue weighted by atomic mass is 16.1. The highest BCUT2D eigenvalue weighted by Gasteiger charge is 2.20. The van der Waals surface area contributed by atoms with Crippen molar-refractivity contribution in [3.05, 3.63) is 45.7 Å². The van der Waals surface area contributed by atoms with Gasteiger partial charge in [0.2, 0.25) is 0 Å². The molecule has 0 bridgehead atoms. The first kappa shape index (κ1) is 7.49. The van der Waals surface area contributed by atoms with Gasteiger partial charge < -0.3 is 9.97 Å². The van der Waals surface area contributed by atoms with Crippen LogP contribution in [0.25, 0.3) is 0 Å². The molecular formula is C9H8N4O. The van der Waals surface area contributed by atoms with Crippen molar-refractivity contribution in [3.8, 4) is 0 Å². The van der Waals surface area contributed by atoms with Crippen molar-refractivity contribution >= 4 is 0 Å². The van der Waals surface area contributed by atoms with Gasteiger partial charge in [-0.15, -0.1) is 0 Å². The van der Waals surface area contributed by atoms with Crippen LogP contribution >= 0.6 is 0 Å².